The molecule has 1 aliphatic carbocycles. The third-order valence-electron chi connectivity index (χ3n) is 6.30. The third kappa shape index (κ3) is 3.68. The summed E-state index contributed by atoms with van der Waals surface area (Å²) < 4.78 is 0. The molecule has 0 bridgehead atoms. The van der Waals surface area contributed by atoms with E-state index < -0.39 is 0 Å². The highest BCUT2D eigenvalue weighted by molar-refractivity contribution is 5.82. The van der Waals surface area contributed by atoms with Gasteiger partial charge < -0.3 is 0 Å². The van der Waals surface area contributed by atoms with Crippen LogP contribution in [0.15, 0.2) is 24.3 Å². The lowest BCUT2D eigenvalue weighted by atomic mass is 9.86. The van der Waals surface area contributed by atoms with Gasteiger partial charge in [0.15, 0.2) is 0 Å². The smallest absolute Gasteiger partial charge is 0.00105 e. The Labute approximate surface area is 154 Å². The molecule has 1 aliphatic rings. The Morgan fingerprint density at radius 2 is 1.44 bits per heavy atom. The lowest BCUT2D eigenvalue weighted by Gasteiger charge is -2.19. The average molecular weight is 335 g/mol. The second kappa shape index (κ2) is 8.21. The molecule has 0 saturated heterocycles. The Hall–Kier alpha value is -1.56. The van der Waals surface area contributed by atoms with Gasteiger partial charge in [-0.15, -0.1) is 0 Å². The summed E-state index contributed by atoms with van der Waals surface area (Å²) in [6.45, 7) is 9.28. The van der Waals surface area contributed by atoms with Gasteiger partial charge in [-0.2, -0.15) is 0 Å². The summed E-state index contributed by atoms with van der Waals surface area (Å²) in [5.41, 5.74) is 12.4. The van der Waals surface area contributed by atoms with Gasteiger partial charge in [0.05, 0.1) is 0 Å². The van der Waals surface area contributed by atoms with Gasteiger partial charge in [0.25, 0.3) is 0 Å². The second-order valence-corrected chi connectivity index (χ2v) is 7.91. The summed E-state index contributed by atoms with van der Waals surface area (Å²) in [4.78, 5) is 0. The second-order valence-electron chi connectivity index (χ2n) is 7.91. The fraction of sp³-hybridized carbons (Fsp3) is 0.520. The molecule has 3 rings (SSSR count). The maximum absolute atomic E-state index is 2.35. The maximum atomic E-state index is 2.35. The topological polar surface area (TPSA) is 0 Å². The Morgan fingerprint density at radius 1 is 0.760 bits per heavy atom. The summed E-state index contributed by atoms with van der Waals surface area (Å²) in [6, 6.07) is 9.02. The van der Waals surface area contributed by atoms with Crippen molar-refractivity contribution in [2.45, 2.75) is 85.5 Å². The van der Waals surface area contributed by atoms with E-state index in [0.717, 1.165) is 6.42 Å². The first kappa shape index (κ1) is 18.2. The van der Waals surface area contributed by atoms with Crippen LogP contribution in [-0.2, 0) is 12.8 Å². The molecule has 0 heteroatoms. The van der Waals surface area contributed by atoms with Crippen molar-refractivity contribution in [3.63, 3.8) is 0 Å². The van der Waals surface area contributed by atoms with Crippen molar-refractivity contribution in [3.8, 4) is 11.1 Å². The van der Waals surface area contributed by atoms with E-state index in [4.69, 9.17) is 0 Å². The van der Waals surface area contributed by atoms with Crippen LogP contribution < -0.4 is 0 Å². The highest BCUT2D eigenvalue weighted by atomic mass is 14.3. The van der Waals surface area contributed by atoms with E-state index in [0.29, 0.717) is 0 Å². The normalized spacial score (nSPS) is 12.3. The van der Waals surface area contributed by atoms with E-state index in [-0.39, 0.29) is 0 Å². The van der Waals surface area contributed by atoms with E-state index in [1.807, 2.05) is 0 Å². The molecule has 0 nitrogen and oxygen atoms in total. The van der Waals surface area contributed by atoms with Crippen molar-refractivity contribution in [2.75, 3.05) is 0 Å². The van der Waals surface area contributed by atoms with Crippen molar-refractivity contribution < 1.29 is 0 Å². The van der Waals surface area contributed by atoms with Crippen LogP contribution in [0.2, 0.25) is 0 Å². The molecular formula is C25H34. The van der Waals surface area contributed by atoms with E-state index >= 15 is 0 Å². The minimum Gasteiger partial charge on any atom is -0.0654 e. The fourth-order valence-electron chi connectivity index (χ4n) is 4.56. The van der Waals surface area contributed by atoms with Crippen molar-refractivity contribution in [2.24, 2.45) is 0 Å². The fourth-order valence-corrected chi connectivity index (χ4v) is 4.56. The van der Waals surface area contributed by atoms with Gasteiger partial charge in [0, 0.05) is 0 Å². The van der Waals surface area contributed by atoms with Gasteiger partial charge in [0.2, 0.25) is 0 Å². The number of hydrogen-bond acceptors (Lipinski definition) is 0. The molecule has 0 atom stereocenters. The van der Waals surface area contributed by atoms with Crippen LogP contribution in [-0.4, -0.2) is 0 Å². The van der Waals surface area contributed by atoms with Gasteiger partial charge in [-0.1, -0.05) is 69.7 Å². The summed E-state index contributed by atoms with van der Waals surface area (Å²) in [6.07, 6.45) is 12.1. The summed E-state index contributed by atoms with van der Waals surface area (Å²) in [5.74, 6) is 0. The molecule has 0 N–H and O–H groups in total. The molecule has 0 aromatic heterocycles. The molecule has 25 heavy (non-hydrogen) atoms. The number of hydrogen-bond donors (Lipinski definition) is 0. The molecule has 0 aliphatic heterocycles. The largest absolute Gasteiger partial charge is 0.0654 e. The predicted octanol–water partition coefficient (Wildman–Crippen LogP) is 7.48. The highest BCUT2D eigenvalue weighted by Crippen LogP contribution is 2.43. The first-order valence-corrected chi connectivity index (χ1v) is 10.3. The Bertz CT molecular complexity index is 736. The van der Waals surface area contributed by atoms with Crippen molar-refractivity contribution in [1.82, 2.24) is 0 Å². The summed E-state index contributed by atoms with van der Waals surface area (Å²) >= 11 is 0. The molecule has 0 heterocycles. The van der Waals surface area contributed by atoms with Crippen LogP contribution in [0.5, 0.6) is 0 Å². The van der Waals surface area contributed by atoms with E-state index in [9.17, 15) is 0 Å². The molecule has 0 radical (unpaired) electrons. The number of benzene rings is 2. The Balaban J connectivity index is 1.76. The minimum absolute atomic E-state index is 1.14. The molecule has 134 valence electrons. The number of unbranched alkanes of at least 4 members (excludes halogenated alkanes) is 6. The van der Waals surface area contributed by atoms with Crippen LogP contribution in [0.3, 0.4) is 0 Å². The average Bonchev–Trinajstić information content (AvgIpc) is 3.01. The van der Waals surface area contributed by atoms with E-state index in [1.54, 1.807) is 22.3 Å². The zero-order valence-electron chi connectivity index (χ0n) is 16.7. The highest BCUT2D eigenvalue weighted by Gasteiger charge is 2.25. The molecule has 0 fully saturated rings. The van der Waals surface area contributed by atoms with Gasteiger partial charge >= 0.3 is 0 Å². The Kier molecular flexibility index (Phi) is 5.99. The minimum atomic E-state index is 1.14. The summed E-state index contributed by atoms with van der Waals surface area (Å²) in [7, 11) is 0. The number of fused-ring (bicyclic) bond motifs is 3. The van der Waals surface area contributed by atoms with E-state index in [1.165, 1.54) is 73.6 Å². The predicted molar refractivity (Wildman–Crippen MR) is 111 cm³/mol. The monoisotopic (exact) mass is 334 g/mol. The molecule has 0 spiro atoms. The zero-order chi connectivity index (χ0) is 17.8. The van der Waals surface area contributed by atoms with Crippen molar-refractivity contribution in [3.05, 3.63) is 57.6 Å². The molecule has 0 amide bonds. The van der Waals surface area contributed by atoms with Gasteiger partial charge in [-0.3, -0.25) is 0 Å². The van der Waals surface area contributed by atoms with Crippen molar-refractivity contribution >= 4 is 0 Å². The van der Waals surface area contributed by atoms with Crippen molar-refractivity contribution in [1.29, 1.82) is 0 Å². The Morgan fingerprint density at radius 3 is 2.20 bits per heavy atom. The molecule has 0 unspecified atom stereocenters. The molecule has 2 aromatic rings. The lowest BCUT2D eigenvalue weighted by molar-refractivity contribution is 0.588. The van der Waals surface area contributed by atoms with E-state index in [2.05, 4.69) is 52.0 Å². The first-order chi connectivity index (χ1) is 12.1. The van der Waals surface area contributed by atoms with Crippen LogP contribution in [0, 0.1) is 20.8 Å². The SMILES string of the molecule is CCCCCCCCCc1c(C)c(C)c(C)c2c1Cc1ccccc1-2. The molecule has 2 aromatic carbocycles. The van der Waals surface area contributed by atoms with Gasteiger partial charge in [-0.05, 0) is 84.5 Å². The summed E-state index contributed by atoms with van der Waals surface area (Å²) in [5, 5.41) is 0. The van der Waals surface area contributed by atoms with Gasteiger partial charge in [-0.25, -0.2) is 0 Å². The quantitative estimate of drug-likeness (QED) is 0.375. The van der Waals surface area contributed by atoms with Gasteiger partial charge in [0.1, 0.15) is 0 Å². The molecular weight excluding hydrogens is 300 g/mol. The standard InChI is InChI=1S/C25H34/c1-5-6-7-8-9-10-11-15-22-19(3)18(2)20(4)25-23-16-13-12-14-21(23)17-24(22)25/h12-14,16H,5-11,15,17H2,1-4H3. The number of rotatable bonds is 8. The third-order valence-corrected chi connectivity index (χ3v) is 6.30. The van der Waals surface area contributed by atoms with Crippen LogP contribution in [0.25, 0.3) is 11.1 Å². The first-order valence-electron chi connectivity index (χ1n) is 10.3. The van der Waals surface area contributed by atoms with Crippen LogP contribution >= 0.6 is 0 Å². The van der Waals surface area contributed by atoms with Crippen LogP contribution in [0.4, 0.5) is 0 Å². The van der Waals surface area contributed by atoms with Crippen LogP contribution in [0.1, 0.15) is 85.3 Å². The lowest BCUT2D eigenvalue weighted by Crippen LogP contribution is -2.02. The maximum Gasteiger partial charge on any atom is -0.00105 e. The molecule has 0 saturated carbocycles. The zero-order valence-corrected chi connectivity index (χ0v) is 16.7.